The van der Waals surface area contributed by atoms with Gasteiger partial charge in [-0.1, -0.05) is 12.1 Å². The standard InChI is InChI=1S/C16H17N3O6/c1-22-11(8-17)9-5-4-6-10(14(9)15(20)21)25-16-18-12(23-2)7-13(19-16)24-3/h4-8,11,17H,1-3H3,(H,20,21). The number of nitrogens with one attached hydrogen (secondary N) is 1. The molecule has 0 fully saturated rings. The van der Waals surface area contributed by atoms with Crippen molar-refractivity contribution in [3.8, 4) is 23.5 Å². The van der Waals surface area contributed by atoms with E-state index in [9.17, 15) is 9.90 Å². The van der Waals surface area contributed by atoms with E-state index in [0.29, 0.717) is 0 Å². The van der Waals surface area contributed by atoms with Gasteiger partial charge in [-0.2, -0.15) is 9.97 Å². The number of aromatic nitrogens is 2. The van der Waals surface area contributed by atoms with Crippen LogP contribution in [0.5, 0.6) is 23.5 Å². The van der Waals surface area contributed by atoms with Crippen LogP contribution in [0.25, 0.3) is 0 Å². The third kappa shape index (κ3) is 4.01. The van der Waals surface area contributed by atoms with E-state index in [0.717, 1.165) is 6.21 Å². The summed E-state index contributed by atoms with van der Waals surface area (Å²) in [7, 11) is 4.22. The van der Waals surface area contributed by atoms with Crippen molar-refractivity contribution in [3.05, 3.63) is 35.4 Å². The minimum absolute atomic E-state index is 0.00389. The SMILES string of the molecule is COc1cc(OC)nc(Oc2cccc(C(C=N)OC)c2C(=O)O)n1. The molecule has 0 radical (unpaired) electrons. The first-order chi connectivity index (χ1) is 12.0. The maximum absolute atomic E-state index is 11.7. The molecule has 25 heavy (non-hydrogen) atoms. The molecule has 0 bridgehead atoms. The van der Waals surface area contributed by atoms with Crippen LogP contribution in [0.4, 0.5) is 0 Å². The van der Waals surface area contributed by atoms with E-state index >= 15 is 0 Å². The number of nitrogens with zero attached hydrogens (tertiary/aromatic N) is 2. The minimum atomic E-state index is -1.23. The van der Waals surface area contributed by atoms with Crippen molar-refractivity contribution >= 4 is 12.2 Å². The number of carbonyl (C=O) groups is 1. The van der Waals surface area contributed by atoms with Crippen LogP contribution in [0.2, 0.25) is 0 Å². The fourth-order valence-corrected chi connectivity index (χ4v) is 2.12. The molecule has 0 saturated carbocycles. The predicted molar refractivity (Wildman–Crippen MR) is 87.1 cm³/mol. The van der Waals surface area contributed by atoms with E-state index in [4.69, 9.17) is 24.4 Å². The second kappa shape index (κ2) is 8.06. The van der Waals surface area contributed by atoms with E-state index in [-0.39, 0.29) is 34.6 Å². The summed E-state index contributed by atoms with van der Waals surface area (Å²) < 4.78 is 20.7. The number of rotatable bonds is 8. The molecule has 132 valence electrons. The largest absolute Gasteiger partial charge is 0.481 e. The van der Waals surface area contributed by atoms with Gasteiger partial charge in [0.15, 0.2) is 0 Å². The quantitative estimate of drug-likeness (QED) is 0.697. The number of benzene rings is 1. The number of hydrogen-bond acceptors (Lipinski definition) is 8. The summed E-state index contributed by atoms with van der Waals surface area (Å²) in [5, 5.41) is 17.0. The summed E-state index contributed by atoms with van der Waals surface area (Å²) in [6.07, 6.45) is 0.173. The Bertz CT molecular complexity index is 758. The lowest BCUT2D eigenvalue weighted by atomic mass is 10.0. The molecule has 9 heteroatoms. The molecule has 1 atom stereocenters. The summed E-state index contributed by atoms with van der Waals surface area (Å²) in [6.45, 7) is 0. The second-order valence-corrected chi connectivity index (χ2v) is 4.69. The van der Waals surface area contributed by atoms with Crippen LogP contribution in [-0.4, -0.2) is 48.6 Å². The van der Waals surface area contributed by atoms with Gasteiger partial charge in [-0.15, -0.1) is 0 Å². The zero-order chi connectivity index (χ0) is 18.4. The van der Waals surface area contributed by atoms with Gasteiger partial charge in [0.05, 0.1) is 20.3 Å². The van der Waals surface area contributed by atoms with Crippen LogP contribution >= 0.6 is 0 Å². The molecular formula is C16H17N3O6. The maximum atomic E-state index is 11.7. The maximum Gasteiger partial charge on any atom is 0.339 e. The number of ether oxygens (including phenoxy) is 4. The van der Waals surface area contributed by atoms with Crippen molar-refractivity contribution in [1.29, 1.82) is 5.41 Å². The van der Waals surface area contributed by atoms with Gasteiger partial charge in [0, 0.05) is 18.9 Å². The van der Waals surface area contributed by atoms with Crippen molar-refractivity contribution in [1.82, 2.24) is 9.97 Å². The van der Waals surface area contributed by atoms with Crippen molar-refractivity contribution < 1.29 is 28.8 Å². The molecule has 1 aromatic heterocycles. The number of carboxylic acids is 1. The Morgan fingerprint density at radius 2 is 1.84 bits per heavy atom. The highest BCUT2D eigenvalue weighted by Gasteiger charge is 2.23. The van der Waals surface area contributed by atoms with Crippen LogP contribution in [0.1, 0.15) is 22.0 Å². The molecule has 2 N–H and O–H groups in total. The molecule has 0 amide bonds. The molecule has 1 heterocycles. The van der Waals surface area contributed by atoms with Crippen LogP contribution < -0.4 is 14.2 Å². The lowest BCUT2D eigenvalue weighted by Crippen LogP contribution is -2.11. The molecule has 2 aromatic rings. The van der Waals surface area contributed by atoms with E-state index in [1.54, 1.807) is 12.1 Å². The first-order valence-electron chi connectivity index (χ1n) is 7.08. The summed E-state index contributed by atoms with van der Waals surface area (Å²) >= 11 is 0. The normalized spacial score (nSPS) is 11.5. The predicted octanol–water partition coefficient (Wildman–Crippen LogP) is 2.32. The Balaban J connectivity index is 2.51. The van der Waals surface area contributed by atoms with E-state index < -0.39 is 12.1 Å². The third-order valence-corrected chi connectivity index (χ3v) is 3.26. The van der Waals surface area contributed by atoms with Crippen LogP contribution in [-0.2, 0) is 4.74 Å². The zero-order valence-electron chi connectivity index (χ0n) is 13.8. The topological polar surface area (TPSA) is 124 Å². The zero-order valence-corrected chi connectivity index (χ0v) is 13.8. The lowest BCUT2D eigenvalue weighted by molar-refractivity contribution is 0.0687. The molecule has 0 aliphatic carbocycles. The van der Waals surface area contributed by atoms with Gasteiger partial charge in [-0.3, -0.25) is 0 Å². The minimum Gasteiger partial charge on any atom is -0.481 e. The van der Waals surface area contributed by atoms with Gasteiger partial charge in [0.1, 0.15) is 17.4 Å². The average molecular weight is 347 g/mol. The monoisotopic (exact) mass is 347 g/mol. The fraction of sp³-hybridized carbons (Fsp3) is 0.250. The van der Waals surface area contributed by atoms with Gasteiger partial charge >= 0.3 is 12.0 Å². The number of methoxy groups -OCH3 is 3. The Morgan fingerprint density at radius 1 is 1.20 bits per heavy atom. The summed E-state index contributed by atoms with van der Waals surface area (Å²) in [6, 6.07) is 5.91. The highest BCUT2D eigenvalue weighted by atomic mass is 16.5. The first kappa shape index (κ1) is 18.1. The molecule has 0 aliphatic rings. The van der Waals surface area contributed by atoms with E-state index in [1.807, 2.05) is 0 Å². The van der Waals surface area contributed by atoms with E-state index in [2.05, 4.69) is 9.97 Å². The highest BCUT2D eigenvalue weighted by molar-refractivity contribution is 5.94. The van der Waals surface area contributed by atoms with Crippen molar-refractivity contribution in [2.75, 3.05) is 21.3 Å². The van der Waals surface area contributed by atoms with Gasteiger partial charge < -0.3 is 29.5 Å². The van der Waals surface area contributed by atoms with Crippen LogP contribution in [0, 0.1) is 5.41 Å². The molecule has 0 aliphatic heterocycles. The van der Waals surface area contributed by atoms with Gasteiger partial charge in [-0.05, 0) is 6.07 Å². The molecule has 1 unspecified atom stereocenters. The third-order valence-electron chi connectivity index (χ3n) is 3.26. The van der Waals surface area contributed by atoms with Crippen LogP contribution in [0.3, 0.4) is 0 Å². The Kier molecular flexibility index (Phi) is 5.85. The van der Waals surface area contributed by atoms with Gasteiger partial charge in [-0.25, -0.2) is 4.79 Å². The Labute approximate surface area is 143 Å². The smallest absolute Gasteiger partial charge is 0.339 e. The molecule has 9 nitrogen and oxygen atoms in total. The number of carboxylic acid groups (broad SMARTS) is 1. The number of aromatic carboxylic acids is 1. The Hall–Kier alpha value is -3.20. The first-order valence-corrected chi connectivity index (χ1v) is 7.08. The highest BCUT2D eigenvalue weighted by Crippen LogP contribution is 2.31. The number of hydrogen-bond donors (Lipinski definition) is 2. The molecular weight excluding hydrogens is 330 g/mol. The summed E-state index contributed by atoms with van der Waals surface area (Å²) in [5.74, 6) is -0.832. The molecule has 0 saturated heterocycles. The van der Waals surface area contributed by atoms with E-state index in [1.165, 1.54) is 33.5 Å². The molecule has 0 spiro atoms. The fourth-order valence-electron chi connectivity index (χ4n) is 2.12. The van der Waals surface area contributed by atoms with Crippen LogP contribution in [0.15, 0.2) is 24.3 Å². The summed E-state index contributed by atoms with van der Waals surface area (Å²) in [4.78, 5) is 19.7. The second-order valence-electron chi connectivity index (χ2n) is 4.69. The average Bonchev–Trinajstić information content (AvgIpc) is 2.62. The van der Waals surface area contributed by atoms with Crippen molar-refractivity contribution in [3.63, 3.8) is 0 Å². The Morgan fingerprint density at radius 3 is 2.32 bits per heavy atom. The summed E-state index contributed by atoms with van der Waals surface area (Å²) in [5.41, 5.74) is 0.126. The van der Waals surface area contributed by atoms with Gasteiger partial charge in [0.2, 0.25) is 11.8 Å². The van der Waals surface area contributed by atoms with Crippen molar-refractivity contribution in [2.45, 2.75) is 6.10 Å². The van der Waals surface area contributed by atoms with Crippen molar-refractivity contribution in [2.24, 2.45) is 0 Å². The molecule has 2 rings (SSSR count). The molecule has 1 aromatic carbocycles. The lowest BCUT2D eigenvalue weighted by Gasteiger charge is -2.16. The van der Waals surface area contributed by atoms with Gasteiger partial charge in [0.25, 0.3) is 0 Å².